The molecular formula is C12H15ClO2. The number of carbonyl (C=O) groups is 1. The summed E-state index contributed by atoms with van der Waals surface area (Å²) < 4.78 is 0. The van der Waals surface area contributed by atoms with Crippen molar-refractivity contribution in [1.29, 1.82) is 0 Å². The molecular weight excluding hydrogens is 212 g/mol. The highest BCUT2D eigenvalue weighted by molar-refractivity contribution is 6.21. The van der Waals surface area contributed by atoms with Gasteiger partial charge in [0.25, 0.3) is 0 Å². The Morgan fingerprint density at radius 3 is 2.73 bits per heavy atom. The molecule has 0 saturated heterocycles. The second kappa shape index (κ2) is 5.17. The molecule has 0 unspecified atom stereocenters. The van der Waals surface area contributed by atoms with Crippen LogP contribution < -0.4 is 0 Å². The van der Waals surface area contributed by atoms with Gasteiger partial charge in [0.05, 0.1) is 5.38 Å². The van der Waals surface area contributed by atoms with Crippen molar-refractivity contribution in [2.24, 2.45) is 0 Å². The summed E-state index contributed by atoms with van der Waals surface area (Å²) in [5, 5.41) is 8.37. The van der Waals surface area contributed by atoms with Crippen molar-refractivity contribution in [2.75, 3.05) is 0 Å². The van der Waals surface area contributed by atoms with E-state index in [0.29, 0.717) is 6.42 Å². The van der Waals surface area contributed by atoms with Crippen LogP contribution in [0.25, 0.3) is 0 Å². The maximum atomic E-state index is 10.4. The molecule has 1 N–H and O–H groups in total. The molecule has 2 nitrogen and oxygen atoms in total. The summed E-state index contributed by atoms with van der Waals surface area (Å²) >= 11 is 6.16. The summed E-state index contributed by atoms with van der Waals surface area (Å²) in [4.78, 5) is 10.4. The number of aryl methyl sites for hydroxylation is 2. The van der Waals surface area contributed by atoms with Crippen molar-refractivity contribution in [3.63, 3.8) is 0 Å². The Kier molecular flexibility index (Phi) is 4.15. The van der Waals surface area contributed by atoms with Crippen LogP contribution in [0.4, 0.5) is 0 Å². The first-order valence-corrected chi connectivity index (χ1v) is 5.37. The number of benzene rings is 1. The van der Waals surface area contributed by atoms with E-state index in [9.17, 15) is 4.79 Å². The van der Waals surface area contributed by atoms with Gasteiger partial charge in [-0.05, 0) is 31.4 Å². The van der Waals surface area contributed by atoms with Gasteiger partial charge in [-0.1, -0.05) is 23.8 Å². The Bertz CT molecular complexity index is 361. The topological polar surface area (TPSA) is 37.3 Å². The van der Waals surface area contributed by atoms with Gasteiger partial charge in [0, 0.05) is 6.42 Å². The number of carboxylic acids is 1. The van der Waals surface area contributed by atoms with Gasteiger partial charge in [-0.25, -0.2) is 0 Å². The third kappa shape index (κ3) is 3.56. The first-order valence-electron chi connectivity index (χ1n) is 4.93. The number of halogens is 1. The molecule has 1 aromatic carbocycles. The highest BCUT2D eigenvalue weighted by atomic mass is 35.5. The number of alkyl halides is 1. The quantitative estimate of drug-likeness (QED) is 0.799. The summed E-state index contributed by atoms with van der Waals surface area (Å²) in [7, 11) is 0. The van der Waals surface area contributed by atoms with Crippen molar-refractivity contribution in [3.8, 4) is 0 Å². The fourth-order valence-corrected chi connectivity index (χ4v) is 1.85. The number of hydrogen-bond donors (Lipinski definition) is 1. The van der Waals surface area contributed by atoms with E-state index < -0.39 is 5.97 Å². The molecule has 0 aliphatic rings. The monoisotopic (exact) mass is 226 g/mol. The van der Waals surface area contributed by atoms with Crippen LogP contribution in [-0.4, -0.2) is 11.1 Å². The molecule has 15 heavy (non-hydrogen) atoms. The molecule has 0 amide bonds. The number of rotatable bonds is 4. The van der Waals surface area contributed by atoms with Gasteiger partial charge in [-0.2, -0.15) is 0 Å². The van der Waals surface area contributed by atoms with Crippen LogP contribution in [0, 0.1) is 13.8 Å². The summed E-state index contributed by atoms with van der Waals surface area (Å²) in [6, 6.07) is 6.06. The molecule has 0 saturated carbocycles. The van der Waals surface area contributed by atoms with Gasteiger partial charge in [0.15, 0.2) is 0 Å². The second-order valence-corrected chi connectivity index (χ2v) is 4.29. The zero-order chi connectivity index (χ0) is 11.4. The van der Waals surface area contributed by atoms with Gasteiger partial charge < -0.3 is 5.11 Å². The number of hydrogen-bond acceptors (Lipinski definition) is 1. The van der Waals surface area contributed by atoms with Crippen molar-refractivity contribution in [1.82, 2.24) is 0 Å². The van der Waals surface area contributed by atoms with Crippen molar-refractivity contribution in [3.05, 3.63) is 34.9 Å². The summed E-state index contributed by atoms with van der Waals surface area (Å²) in [6.45, 7) is 3.99. The standard InChI is InChI=1S/C12H15ClO2/c1-8-3-4-9(2)10(7-8)11(13)5-6-12(14)15/h3-4,7,11H,5-6H2,1-2H3,(H,14,15)/t11-/m0/s1. The zero-order valence-electron chi connectivity index (χ0n) is 8.96. The average molecular weight is 227 g/mol. The largest absolute Gasteiger partial charge is 0.481 e. The van der Waals surface area contributed by atoms with Crippen LogP contribution >= 0.6 is 11.6 Å². The normalized spacial score (nSPS) is 12.5. The minimum atomic E-state index is -0.800. The molecule has 1 rings (SSSR count). The van der Waals surface area contributed by atoms with Gasteiger partial charge in [0.2, 0.25) is 0 Å². The molecule has 0 radical (unpaired) electrons. The second-order valence-electron chi connectivity index (χ2n) is 3.76. The molecule has 3 heteroatoms. The lowest BCUT2D eigenvalue weighted by molar-refractivity contribution is -0.137. The summed E-state index contributed by atoms with van der Waals surface area (Å²) in [5.74, 6) is -0.800. The Hall–Kier alpha value is -1.02. The van der Waals surface area contributed by atoms with E-state index in [1.165, 1.54) is 0 Å². The smallest absolute Gasteiger partial charge is 0.303 e. The first kappa shape index (κ1) is 12.1. The molecule has 1 atom stereocenters. The fraction of sp³-hybridized carbons (Fsp3) is 0.417. The molecule has 0 heterocycles. The van der Waals surface area contributed by atoms with Crippen molar-refractivity contribution in [2.45, 2.75) is 32.1 Å². The third-order valence-corrected chi connectivity index (χ3v) is 2.84. The van der Waals surface area contributed by atoms with Gasteiger partial charge >= 0.3 is 5.97 Å². The number of carboxylic acid groups (broad SMARTS) is 1. The molecule has 0 spiro atoms. The first-order chi connectivity index (χ1) is 7.00. The van der Waals surface area contributed by atoms with E-state index in [2.05, 4.69) is 0 Å². The summed E-state index contributed by atoms with van der Waals surface area (Å²) in [5.41, 5.74) is 3.31. The minimum absolute atomic E-state index is 0.113. The van der Waals surface area contributed by atoms with Gasteiger partial charge in [0.1, 0.15) is 0 Å². The van der Waals surface area contributed by atoms with Gasteiger partial charge in [-0.3, -0.25) is 4.79 Å². The SMILES string of the molecule is Cc1ccc(C)c([C@@H](Cl)CCC(=O)O)c1. The average Bonchev–Trinajstić information content (AvgIpc) is 2.18. The molecule has 1 aromatic rings. The van der Waals surface area contributed by atoms with Gasteiger partial charge in [-0.15, -0.1) is 11.6 Å². The van der Waals surface area contributed by atoms with E-state index in [-0.39, 0.29) is 11.8 Å². The van der Waals surface area contributed by atoms with Crippen LogP contribution in [-0.2, 0) is 4.79 Å². The maximum absolute atomic E-state index is 10.4. The van der Waals surface area contributed by atoms with Crippen LogP contribution in [0.2, 0.25) is 0 Å². The highest BCUT2D eigenvalue weighted by Gasteiger charge is 2.12. The van der Waals surface area contributed by atoms with E-state index >= 15 is 0 Å². The van der Waals surface area contributed by atoms with E-state index in [1.54, 1.807) is 0 Å². The molecule has 82 valence electrons. The predicted molar refractivity (Wildman–Crippen MR) is 61.4 cm³/mol. The van der Waals surface area contributed by atoms with Crippen LogP contribution in [0.3, 0.4) is 0 Å². The van der Waals surface area contributed by atoms with E-state index in [4.69, 9.17) is 16.7 Å². The fourth-order valence-electron chi connectivity index (χ4n) is 1.50. The van der Waals surface area contributed by atoms with Crippen LogP contribution in [0.1, 0.15) is 34.9 Å². The molecule has 0 bridgehead atoms. The lowest BCUT2D eigenvalue weighted by Gasteiger charge is -2.12. The predicted octanol–water partition coefficient (Wildman–Crippen LogP) is 3.45. The maximum Gasteiger partial charge on any atom is 0.303 e. The Balaban J connectivity index is 2.76. The Labute approximate surface area is 94.9 Å². The van der Waals surface area contributed by atoms with Crippen molar-refractivity contribution < 1.29 is 9.90 Å². The Morgan fingerprint density at radius 2 is 2.13 bits per heavy atom. The Morgan fingerprint density at radius 1 is 1.47 bits per heavy atom. The third-order valence-electron chi connectivity index (χ3n) is 2.38. The zero-order valence-corrected chi connectivity index (χ0v) is 9.71. The lowest BCUT2D eigenvalue weighted by atomic mass is 10.00. The van der Waals surface area contributed by atoms with Crippen molar-refractivity contribution >= 4 is 17.6 Å². The van der Waals surface area contributed by atoms with E-state index in [1.807, 2.05) is 32.0 Å². The summed E-state index contributed by atoms with van der Waals surface area (Å²) in [6.07, 6.45) is 0.586. The molecule has 0 aliphatic heterocycles. The minimum Gasteiger partial charge on any atom is -0.481 e. The molecule has 0 fully saturated rings. The molecule has 0 aliphatic carbocycles. The van der Waals surface area contributed by atoms with Crippen LogP contribution in [0.5, 0.6) is 0 Å². The number of aliphatic carboxylic acids is 1. The van der Waals surface area contributed by atoms with Crippen LogP contribution in [0.15, 0.2) is 18.2 Å². The lowest BCUT2D eigenvalue weighted by Crippen LogP contribution is -2.00. The molecule has 0 aromatic heterocycles. The van der Waals surface area contributed by atoms with E-state index in [0.717, 1.165) is 16.7 Å². The highest BCUT2D eigenvalue weighted by Crippen LogP contribution is 2.28.